The number of hydrogen-bond donors (Lipinski definition) is 1. The van der Waals surface area contributed by atoms with E-state index in [1.165, 1.54) is 23.5 Å². The predicted molar refractivity (Wildman–Crippen MR) is 88.8 cm³/mol. The van der Waals surface area contributed by atoms with Crippen LogP contribution in [0.4, 0.5) is 4.39 Å². The molecule has 0 radical (unpaired) electrons. The molecule has 2 rings (SSSR count). The second-order valence-electron chi connectivity index (χ2n) is 5.58. The Labute approximate surface area is 134 Å². The van der Waals surface area contributed by atoms with Crippen molar-refractivity contribution in [3.8, 4) is 0 Å². The average Bonchev–Trinajstić information content (AvgIpc) is 2.91. The molecule has 1 amide bonds. The number of halogens is 1. The number of amides is 1. The highest BCUT2D eigenvalue weighted by molar-refractivity contribution is 7.13. The molecule has 22 heavy (non-hydrogen) atoms. The van der Waals surface area contributed by atoms with Crippen molar-refractivity contribution in [3.05, 3.63) is 57.5 Å². The summed E-state index contributed by atoms with van der Waals surface area (Å²) in [5.41, 5.74) is 0.921. The number of hydrogen-bond acceptors (Lipinski definition) is 3. The summed E-state index contributed by atoms with van der Waals surface area (Å²) in [5.74, 6) is -0.346. The Kier molecular flexibility index (Phi) is 5.69. The molecule has 1 unspecified atom stereocenters. The van der Waals surface area contributed by atoms with Gasteiger partial charge in [0.1, 0.15) is 5.82 Å². The minimum Gasteiger partial charge on any atom is -0.344 e. The van der Waals surface area contributed by atoms with Gasteiger partial charge in [-0.2, -0.15) is 0 Å². The second-order valence-corrected chi connectivity index (χ2v) is 6.87. The van der Waals surface area contributed by atoms with Crippen LogP contribution >= 0.6 is 11.3 Å². The number of aryl methyl sites for hydroxylation is 1. The van der Waals surface area contributed by atoms with Gasteiger partial charge in [0.15, 0.2) is 0 Å². The van der Waals surface area contributed by atoms with Crippen molar-refractivity contribution in [2.75, 3.05) is 20.6 Å². The lowest BCUT2D eigenvalue weighted by atomic mass is 10.0. The molecule has 0 aliphatic heterocycles. The lowest BCUT2D eigenvalue weighted by Crippen LogP contribution is -2.30. The van der Waals surface area contributed by atoms with Gasteiger partial charge in [-0.15, -0.1) is 11.3 Å². The zero-order valence-electron chi connectivity index (χ0n) is 13.1. The molecular formula is C17H21FN2OS. The van der Waals surface area contributed by atoms with Crippen LogP contribution in [0.1, 0.15) is 32.6 Å². The van der Waals surface area contributed by atoms with E-state index in [1.54, 1.807) is 12.1 Å². The highest BCUT2D eigenvalue weighted by atomic mass is 32.1. The molecule has 1 heterocycles. The number of thiophene rings is 1. The van der Waals surface area contributed by atoms with E-state index in [0.717, 1.165) is 23.4 Å². The summed E-state index contributed by atoms with van der Waals surface area (Å²) in [4.78, 5) is 16.2. The number of nitrogens with one attached hydrogen (secondary N) is 1. The number of rotatable bonds is 6. The van der Waals surface area contributed by atoms with Crippen LogP contribution in [0.25, 0.3) is 0 Å². The first-order chi connectivity index (χ1) is 10.5. The Morgan fingerprint density at radius 1 is 1.23 bits per heavy atom. The monoisotopic (exact) mass is 320 g/mol. The lowest BCUT2D eigenvalue weighted by molar-refractivity contribution is 0.0937. The first-order valence-electron chi connectivity index (χ1n) is 7.23. The highest BCUT2D eigenvalue weighted by Gasteiger charge is 2.17. The lowest BCUT2D eigenvalue weighted by Gasteiger charge is -2.21. The van der Waals surface area contributed by atoms with Crippen LogP contribution < -0.4 is 5.32 Å². The summed E-state index contributed by atoms with van der Waals surface area (Å²) in [6.07, 6.45) is 0.773. The van der Waals surface area contributed by atoms with Crippen molar-refractivity contribution < 1.29 is 9.18 Å². The fourth-order valence-electron chi connectivity index (χ4n) is 2.19. The number of carbonyl (C=O) groups is 1. The zero-order chi connectivity index (χ0) is 16.1. The molecule has 0 aliphatic rings. The largest absolute Gasteiger partial charge is 0.344 e. The smallest absolute Gasteiger partial charge is 0.261 e. The van der Waals surface area contributed by atoms with Crippen LogP contribution in [-0.4, -0.2) is 31.4 Å². The molecule has 1 aromatic heterocycles. The van der Waals surface area contributed by atoms with Crippen molar-refractivity contribution in [1.82, 2.24) is 10.2 Å². The van der Waals surface area contributed by atoms with Crippen LogP contribution in [0.15, 0.2) is 36.4 Å². The quantitative estimate of drug-likeness (QED) is 0.882. The average molecular weight is 320 g/mol. The summed E-state index contributed by atoms with van der Waals surface area (Å²) in [5, 5.41) is 3.06. The van der Waals surface area contributed by atoms with Gasteiger partial charge in [-0.1, -0.05) is 12.1 Å². The van der Waals surface area contributed by atoms with Gasteiger partial charge in [-0.3, -0.25) is 4.79 Å². The third-order valence-corrected chi connectivity index (χ3v) is 4.41. The van der Waals surface area contributed by atoms with E-state index in [4.69, 9.17) is 0 Å². The van der Waals surface area contributed by atoms with Crippen molar-refractivity contribution in [2.45, 2.75) is 19.4 Å². The molecule has 0 bridgehead atoms. The maximum Gasteiger partial charge on any atom is 0.261 e. The van der Waals surface area contributed by atoms with Crippen LogP contribution in [0, 0.1) is 12.7 Å². The molecule has 1 N–H and O–H groups in total. The predicted octanol–water partition coefficient (Wildman–Crippen LogP) is 3.62. The number of carbonyl (C=O) groups excluding carboxylic acids is 1. The van der Waals surface area contributed by atoms with E-state index in [2.05, 4.69) is 10.2 Å². The minimum atomic E-state index is -0.268. The van der Waals surface area contributed by atoms with E-state index in [9.17, 15) is 9.18 Å². The standard InChI is InChI=1S/C17H21FN2OS/c1-12-4-9-16(22-12)17(21)19-15(10-11-20(2)3)13-5-7-14(18)8-6-13/h4-9,15H,10-11H2,1-3H3,(H,19,21). The molecular weight excluding hydrogens is 299 g/mol. The van der Waals surface area contributed by atoms with Gasteiger partial charge < -0.3 is 10.2 Å². The molecule has 0 spiro atoms. The molecule has 0 fully saturated rings. The molecule has 2 aromatic rings. The van der Waals surface area contributed by atoms with E-state index < -0.39 is 0 Å². The van der Waals surface area contributed by atoms with Gasteiger partial charge in [0.05, 0.1) is 10.9 Å². The van der Waals surface area contributed by atoms with E-state index in [-0.39, 0.29) is 17.8 Å². The van der Waals surface area contributed by atoms with E-state index in [1.807, 2.05) is 33.2 Å². The molecule has 1 aromatic carbocycles. The molecule has 0 saturated heterocycles. The van der Waals surface area contributed by atoms with Crippen molar-refractivity contribution in [2.24, 2.45) is 0 Å². The van der Waals surface area contributed by atoms with Gasteiger partial charge in [0.2, 0.25) is 0 Å². The van der Waals surface area contributed by atoms with Gasteiger partial charge in [0, 0.05) is 4.88 Å². The van der Waals surface area contributed by atoms with Gasteiger partial charge in [0.25, 0.3) is 5.91 Å². The maximum atomic E-state index is 13.1. The molecule has 0 aliphatic carbocycles. The van der Waals surface area contributed by atoms with E-state index in [0.29, 0.717) is 4.88 Å². The van der Waals surface area contributed by atoms with Crippen LogP contribution in [-0.2, 0) is 0 Å². The minimum absolute atomic E-state index is 0.0776. The van der Waals surface area contributed by atoms with Crippen molar-refractivity contribution in [1.29, 1.82) is 0 Å². The Morgan fingerprint density at radius 3 is 2.45 bits per heavy atom. The van der Waals surface area contributed by atoms with E-state index >= 15 is 0 Å². The molecule has 118 valence electrons. The Hall–Kier alpha value is -1.72. The van der Waals surface area contributed by atoms with Crippen LogP contribution in [0.5, 0.6) is 0 Å². The molecule has 1 atom stereocenters. The summed E-state index contributed by atoms with van der Waals surface area (Å²) >= 11 is 1.48. The zero-order valence-corrected chi connectivity index (χ0v) is 13.9. The Balaban J connectivity index is 2.13. The third kappa shape index (κ3) is 4.64. The maximum absolute atomic E-state index is 13.1. The van der Waals surface area contributed by atoms with Crippen LogP contribution in [0.3, 0.4) is 0 Å². The Morgan fingerprint density at radius 2 is 1.91 bits per heavy atom. The summed E-state index contributed by atoms with van der Waals surface area (Å²) in [7, 11) is 3.98. The van der Waals surface area contributed by atoms with Crippen molar-refractivity contribution >= 4 is 17.2 Å². The third-order valence-electron chi connectivity index (χ3n) is 3.41. The summed E-state index contributed by atoms with van der Waals surface area (Å²) in [6.45, 7) is 2.82. The first kappa shape index (κ1) is 16.6. The van der Waals surface area contributed by atoms with Crippen molar-refractivity contribution in [3.63, 3.8) is 0 Å². The fourth-order valence-corrected chi connectivity index (χ4v) is 2.96. The topological polar surface area (TPSA) is 32.3 Å². The molecule has 5 heteroatoms. The number of benzene rings is 1. The second kappa shape index (κ2) is 7.51. The molecule has 3 nitrogen and oxygen atoms in total. The van der Waals surface area contributed by atoms with Gasteiger partial charge in [-0.05, 0) is 63.8 Å². The fraction of sp³-hybridized carbons (Fsp3) is 0.353. The van der Waals surface area contributed by atoms with Gasteiger partial charge in [-0.25, -0.2) is 4.39 Å². The van der Waals surface area contributed by atoms with Crippen LogP contribution in [0.2, 0.25) is 0 Å². The highest BCUT2D eigenvalue weighted by Crippen LogP contribution is 2.20. The van der Waals surface area contributed by atoms with Gasteiger partial charge >= 0.3 is 0 Å². The normalized spacial score (nSPS) is 12.4. The number of nitrogens with zero attached hydrogens (tertiary/aromatic N) is 1. The SMILES string of the molecule is Cc1ccc(C(=O)NC(CCN(C)C)c2ccc(F)cc2)s1. The Bertz CT molecular complexity index is 622. The first-order valence-corrected chi connectivity index (χ1v) is 8.05. The summed E-state index contributed by atoms with van der Waals surface area (Å²) in [6, 6.07) is 9.97. The summed E-state index contributed by atoms with van der Waals surface area (Å²) < 4.78 is 13.1. The molecule has 0 saturated carbocycles.